The van der Waals surface area contributed by atoms with Gasteiger partial charge in [0, 0.05) is 23.5 Å². The van der Waals surface area contributed by atoms with Crippen LogP contribution < -0.4 is 10.0 Å². The van der Waals surface area contributed by atoms with E-state index < -0.39 is 10.0 Å². The van der Waals surface area contributed by atoms with Gasteiger partial charge in [-0.3, -0.25) is 0 Å². The molecule has 1 aromatic carbocycles. The number of anilines is 2. The van der Waals surface area contributed by atoms with E-state index in [0.717, 1.165) is 11.3 Å². The number of hydrogen-bond donors (Lipinski definition) is 2. The number of pyridine rings is 1. The molecule has 0 aliphatic carbocycles. The molecule has 0 aliphatic rings. The van der Waals surface area contributed by atoms with E-state index in [9.17, 15) is 8.42 Å². The summed E-state index contributed by atoms with van der Waals surface area (Å²) in [5.41, 5.74) is 1.62. The maximum absolute atomic E-state index is 12.2. The fourth-order valence-corrected chi connectivity index (χ4v) is 3.10. The molecule has 112 valence electrons. The maximum Gasteiger partial charge on any atom is 0.244 e. The van der Waals surface area contributed by atoms with E-state index in [1.54, 1.807) is 25.1 Å². The van der Waals surface area contributed by atoms with Gasteiger partial charge in [-0.05, 0) is 42.8 Å². The van der Waals surface area contributed by atoms with Crippen molar-refractivity contribution in [3.05, 3.63) is 47.1 Å². The molecule has 0 aliphatic heterocycles. The lowest BCUT2D eigenvalue weighted by atomic mass is 10.2. The summed E-state index contributed by atoms with van der Waals surface area (Å²) < 4.78 is 26.8. The Bertz CT molecular complexity index is 748. The lowest BCUT2D eigenvalue weighted by Crippen LogP contribution is -2.24. The van der Waals surface area contributed by atoms with Gasteiger partial charge < -0.3 is 5.32 Å². The number of benzene rings is 1. The summed E-state index contributed by atoms with van der Waals surface area (Å²) in [6, 6.07) is 8.45. The molecule has 0 bridgehead atoms. The number of aromatic nitrogens is 1. The number of nitrogens with one attached hydrogen (secondary N) is 2. The topological polar surface area (TPSA) is 71.1 Å². The first-order chi connectivity index (χ1) is 9.94. The zero-order valence-corrected chi connectivity index (χ0v) is 13.3. The number of aryl methyl sites for hydroxylation is 1. The van der Waals surface area contributed by atoms with Gasteiger partial charge in [0.2, 0.25) is 10.0 Å². The molecule has 0 saturated carbocycles. The first-order valence-corrected chi connectivity index (χ1v) is 8.28. The molecule has 0 amide bonds. The van der Waals surface area contributed by atoms with Gasteiger partial charge in [0.05, 0.1) is 0 Å². The SMILES string of the molecule is CCNS(=O)(=O)c1cccnc1Nc1ccc(Cl)c(C)c1. The summed E-state index contributed by atoms with van der Waals surface area (Å²) >= 11 is 5.98. The van der Waals surface area contributed by atoms with Crippen LogP contribution in [-0.2, 0) is 10.0 Å². The summed E-state index contributed by atoms with van der Waals surface area (Å²) in [6.07, 6.45) is 1.54. The average Bonchev–Trinajstić information content (AvgIpc) is 2.43. The number of nitrogens with zero attached hydrogens (tertiary/aromatic N) is 1. The van der Waals surface area contributed by atoms with Crippen LogP contribution >= 0.6 is 11.6 Å². The number of rotatable bonds is 5. The highest BCUT2D eigenvalue weighted by atomic mass is 35.5. The van der Waals surface area contributed by atoms with E-state index in [0.29, 0.717) is 11.6 Å². The van der Waals surface area contributed by atoms with Crippen molar-refractivity contribution in [1.29, 1.82) is 0 Å². The molecular formula is C14H16ClN3O2S. The first kappa shape index (κ1) is 15.8. The normalized spacial score (nSPS) is 11.4. The molecule has 0 atom stereocenters. The molecule has 2 aromatic rings. The minimum Gasteiger partial charge on any atom is -0.339 e. The Hall–Kier alpha value is -1.63. The first-order valence-electron chi connectivity index (χ1n) is 6.42. The Labute approximate surface area is 129 Å². The Morgan fingerprint density at radius 2 is 2.05 bits per heavy atom. The van der Waals surface area contributed by atoms with Gasteiger partial charge >= 0.3 is 0 Å². The third-order valence-electron chi connectivity index (χ3n) is 2.82. The number of sulfonamides is 1. The fraction of sp³-hybridized carbons (Fsp3) is 0.214. The van der Waals surface area contributed by atoms with Crippen LogP contribution in [0, 0.1) is 6.92 Å². The van der Waals surface area contributed by atoms with Crippen molar-refractivity contribution in [3.63, 3.8) is 0 Å². The van der Waals surface area contributed by atoms with Gasteiger partial charge in [0.25, 0.3) is 0 Å². The van der Waals surface area contributed by atoms with Gasteiger partial charge in [-0.15, -0.1) is 0 Å². The van der Waals surface area contributed by atoms with Crippen LogP contribution in [-0.4, -0.2) is 19.9 Å². The number of halogens is 1. The third-order valence-corrected chi connectivity index (χ3v) is 4.82. The standard InChI is InChI=1S/C14H16ClN3O2S/c1-3-17-21(19,20)13-5-4-8-16-14(13)18-11-6-7-12(15)10(2)9-11/h4-9,17H,3H2,1-2H3,(H,16,18). The molecule has 0 saturated heterocycles. The zero-order valence-electron chi connectivity index (χ0n) is 11.7. The van der Waals surface area contributed by atoms with Gasteiger partial charge in [-0.25, -0.2) is 18.1 Å². The van der Waals surface area contributed by atoms with Gasteiger partial charge in [-0.2, -0.15) is 0 Å². The second-order valence-electron chi connectivity index (χ2n) is 4.44. The van der Waals surface area contributed by atoms with Crippen molar-refractivity contribution in [2.24, 2.45) is 0 Å². The monoisotopic (exact) mass is 325 g/mol. The fourth-order valence-electron chi connectivity index (χ4n) is 1.83. The molecule has 5 nitrogen and oxygen atoms in total. The Balaban J connectivity index is 2.39. The average molecular weight is 326 g/mol. The van der Waals surface area contributed by atoms with Crippen LogP contribution in [0.25, 0.3) is 0 Å². The lowest BCUT2D eigenvalue weighted by Gasteiger charge is -2.12. The van der Waals surface area contributed by atoms with E-state index in [2.05, 4.69) is 15.0 Å². The Kier molecular flexibility index (Phi) is 4.82. The van der Waals surface area contributed by atoms with Crippen molar-refractivity contribution in [2.45, 2.75) is 18.7 Å². The molecule has 0 spiro atoms. The molecular weight excluding hydrogens is 310 g/mol. The molecule has 2 N–H and O–H groups in total. The zero-order chi connectivity index (χ0) is 15.5. The summed E-state index contributed by atoms with van der Waals surface area (Å²) in [6.45, 7) is 3.92. The van der Waals surface area contributed by atoms with Crippen LogP contribution in [0.5, 0.6) is 0 Å². The van der Waals surface area contributed by atoms with Crippen LogP contribution in [0.2, 0.25) is 5.02 Å². The van der Waals surface area contributed by atoms with Crippen molar-refractivity contribution >= 4 is 33.1 Å². The molecule has 1 aromatic heterocycles. The molecule has 7 heteroatoms. The van der Waals surface area contributed by atoms with Crippen LogP contribution in [0.3, 0.4) is 0 Å². The lowest BCUT2D eigenvalue weighted by molar-refractivity contribution is 0.584. The minimum absolute atomic E-state index is 0.111. The van der Waals surface area contributed by atoms with Crippen molar-refractivity contribution in [2.75, 3.05) is 11.9 Å². The molecule has 2 rings (SSSR count). The summed E-state index contributed by atoms with van der Waals surface area (Å²) in [5, 5.41) is 3.67. The van der Waals surface area contributed by atoms with E-state index in [-0.39, 0.29) is 10.7 Å². The molecule has 0 fully saturated rings. The summed E-state index contributed by atoms with van der Waals surface area (Å²) in [7, 11) is -3.58. The molecule has 0 radical (unpaired) electrons. The van der Waals surface area contributed by atoms with E-state index >= 15 is 0 Å². The number of hydrogen-bond acceptors (Lipinski definition) is 4. The van der Waals surface area contributed by atoms with Gasteiger partial charge in [0.1, 0.15) is 4.90 Å². The van der Waals surface area contributed by atoms with Crippen LogP contribution in [0.15, 0.2) is 41.4 Å². The van der Waals surface area contributed by atoms with Crippen molar-refractivity contribution < 1.29 is 8.42 Å². The van der Waals surface area contributed by atoms with Crippen LogP contribution in [0.4, 0.5) is 11.5 Å². The second-order valence-corrected chi connectivity index (χ2v) is 6.58. The van der Waals surface area contributed by atoms with Crippen LogP contribution in [0.1, 0.15) is 12.5 Å². The minimum atomic E-state index is -3.58. The van der Waals surface area contributed by atoms with E-state index in [1.807, 2.05) is 13.0 Å². The predicted octanol–water partition coefficient (Wildman–Crippen LogP) is 3.09. The second kappa shape index (κ2) is 6.43. The van der Waals surface area contributed by atoms with E-state index in [4.69, 9.17) is 11.6 Å². The third kappa shape index (κ3) is 3.72. The largest absolute Gasteiger partial charge is 0.339 e. The summed E-state index contributed by atoms with van der Waals surface area (Å²) in [5.74, 6) is 0.278. The van der Waals surface area contributed by atoms with Gasteiger partial charge in [0.15, 0.2) is 5.82 Å². The Morgan fingerprint density at radius 1 is 1.29 bits per heavy atom. The molecule has 21 heavy (non-hydrogen) atoms. The summed E-state index contributed by atoms with van der Waals surface area (Å²) in [4.78, 5) is 4.22. The quantitative estimate of drug-likeness (QED) is 0.886. The predicted molar refractivity (Wildman–Crippen MR) is 84.6 cm³/mol. The van der Waals surface area contributed by atoms with E-state index in [1.165, 1.54) is 12.3 Å². The smallest absolute Gasteiger partial charge is 0.244 e. The van der Waals surface area contributed by atoms with Gasteiger partial charge in [-0.1, -0.05) is 18.5 Å². The highest BCUT2D eigenvalue weighted by Gasteiger charge is 2.18. The Morgan fingerprint density at radius 3 is 2.71 bits per heavy atom. The van der Waals surface area contributed by atoms with Crippen molar-refractivity contribution in [1.82, 2.24) is 9.71 Å². The maximum atomic E-state index is 12.2. The molecule has 0 unspecified atom stereocenters. The molecule has 1 heterocycles. The highest BCUT2D eigenvalue weighted by Crippen LogP contribution is 2.25. The van der Waals surface area contributed by atoms with Crippen molar-refractivity contribution in [3.8, 4) is 0 Å². The highest BCUT2D eigenvalue weighted by molar-refractivity contribution is 7.89.